The van der Waals surface area contributed by atoms with Crippen LogP contribution in [0.3, 0.4) is 0 Å². The van der Waals surface area contributed by atoms with Gasteiger partial charge in [-0.05, 0) is 42.8 Å². The van der Waals surface area contributed by atoms with Gasteiger partial charge < -0.3 is 9.73 Å². The SMILES string of the molecule is CC(NC(=O)/C=C/c1ccco1)c1ccc(C(F)(F)F)cc1. The standard InChI is InChI=1S/C16H14F3NO2/c1-11(12-4-6-13(7-5-12)16(17,18)19)20-15(21)9-8-14-3-2-10-22-14/h2-11H,1H3,(H,20,21)/b9-8+. The van der Waals surface area contributed by atoms with Gasteiger partial charge in [-0.25, -0.2) is 0 Å². The van der Waals surface area contributed by atoms with Gasteiger partial charge in [-0.1, -0.05) is 12.1 Å². The van der Waals surface area contributed by atoms with Crippen molar-refractivity contribution in [1.29, 1.82) is 0 Å². The lowest BCUT2D eigenvalue weighted by atomic mass is 10.1. The number of rotatable bonds is 4. The van der Waals surface area contributed by atoms with Crippen LogP contribution in [0.4, 0.5) is 13.2 Å². The first kappa shape index (κ1) is 15.9. The van der Waals surface area contributed by atoms with Gasteiger partial charge in [0.1, 0.15) is 5.76 Å². The Morgan fingerprint density at radius 2 is 1.91 bits per heavy atom. The number of amides is 1. The van der Waals surface area contributed by atoms with Gasteiger partial charge in [0.25, 0.3) is 0 Å². The number of carbonyl (C=O) groups excluding carboxylic acids is 1. The zero-order chi connectivity index (χ0) is 16.2. The summed E-state index contributed by atoms with van der Waals surface area (Å²) in [7, 11) is 0. The highest BCUT2D eigenvalue weighted by Crippen LogP contribution is 2.29. The number of furan rings is 1. The molecule has 0 aliphatic carbocycles. The van der Waals surface area contributed by atoms with Crippen molar-refractivity contribution in [1.82, 2.24) is 5.32 Å². The quantitative estimate of drug-likeness (QED) is 0.861. The van der Waals surface area contributed by atoms with Crippen LogP contribution in [0.2, 0.25) is 0 Å². The van der Waals surface area contributed by atoms with Gasteiger partial charge in [-0.15, -0.1) is 0 Å². The molecule has 1 aromatic carbocycles. The van der Waals surface area contributed by atoms with Gasteiger partial charge in [0, 0.05) is 6.08 Å². The summed E-state index contributed by atoms with van der Waals surface area (Å²) in [6.07, 6.45) is -0.0621. The molecule has 0 bridgehead atoms. The van der Waals surface area contributed by atoms with E-state index >= 15 is 0 Å². The second-order valence-corrected chi connectivity index (χ2v) is 4.70. The largest absolute Gasteiger partial charge is 0.465 e. The third-order valence-electron chi connectivity index (χ3n) is 3.04. The highest BCUT2D eigenvalue weighted by Gasteiger charge is 2.30. The van der Waals surface area contributed by atoms with E-state index < -0.39 is 17.8 Å². The van der Waals surface area contributed by atoms with Gasteiger partial charge in [0.2, 0.25) is 5.91 Å². The van der Waals surface area contributed by atoms with Crippen molar-refractivity contribution in [3.8, 4) is 0 Å². The molecule has 0 saturated carbocycles. The fourth-order valence-electron chi connectivity index (χ4n) is 1.85. The van der Waals surface area contributed by atoms with Crippen LogP contribution in [-0.4, -0.2) is 5.91 Å². The van der Waals surface area contributed by atoms with Crippen molar-refractivity contribution < 1.29 is 22.4 Å². The molecule has 1 N–H and O–H groups in total. The third-order valence-corrected chi connectivity index (χ3v) is 3.04. The van der Waals surface area contributed by atoms with Crippen LogP contribution < -0.4 is 5.32 Å². The van der Waals surface area contributed by atoms with Crippen molar-refractivity contribution in [3.05, 3.63) is 65.6 Å². The molecule has 116 valence electrons. The van der Waals surface area contributed by atoms with Crippen LogP contribution in [0.5, 0.6) is 0 Å². The number of carbonyl (C=O) groups is 1. The summed E-state index contributed by atoms with van der Waals surface area (Å²) in [5.74, 6) is 0.182. The Morgan fingerprint density at radius 3 is 2.45 bits per heavy atom. The fourth-order valence-corrected chi connectivity index (χ4v) is 1.85. The minimum Gasteiger partial charge on any atom is -0.465 e. The van der Waals surface area contributed by atoms with Crippen LogP contribution in [0.25, 0.3) is 6.08 Å². The Kier molecular flexibility index (Phi) is 4.70. The zero-order valence-electron chi connectivity index (χ0n) is 11.7. The highest BCUT2D eigenvalue weighted by molar-refractivity contribution is 5.91. The Bertz CT molecular complexity index is 643. The molecule has 22 heavy (non-hydrogen) atoms. The predicted octanol–water partition coefficient (Wildman–Crippen LogP) is 4.19. The maximum atomic E-state index is 12.5. The molecule has 3 nitrogen and oxygen atoms in total. The van der Waals surface area contributed by atoms with Crippen molar-refractivity contribution in [2.75, 3.05) is 0 Å². The van der Waals surface area contributed by atoms with E-state index in [1.807, 2.05) is 0 Å². The van der Waals surface area contributed by atoms with Crippen LogP contribution in [0.15, 0.2) is 53.2 Å². The molecule has 1 unspecified atom stereocenters. The van der Waals surface area contributed by atoms with Crippen LogP contribution in [0.1, 0.15) is 29.9 Å². The minimum atomic E-state index is -4.36. The van der Waals surface area contributed by atoms with Crippen molar-refractivity contribution in [2.24, 2.45) is 0 Å². The van der Waals surface area contributed by atoms with Crippen LogP contribution >= 0.6 is 0 Å². The summed E-state index contributed by atoms with van der Waals surface area (Å²) >= 11 is 0. The molecule has 1 aromatic heterocycles. The van der Waals surface area contributed by atoms with E-state index in [1.54, 1.807) is 19.1 Å². The Balaban J connectivity index is 1.97. The normalized spacial score (nSPS) is 13.3. The van der Waals surface area contributed by atoms with Crippen molar-refractivity contribution >= 4 is 12.0 Å². The molecule has 1 atom stereocenters. The van der Waals surface area contributed by atoms with Gasteiger partial charge in [0.15, 0.2) is 0 Å². The molecule has 0 spiro atoms. The molecule has 2 aromatic rings. The Morgan fingerprint density at radius 1 is 1.23 bits per heavy atom. The van der Waals surface area contributed by atoms with Gasteiger partial charge in [-0.3, -0.25) is 4.79 Å². The van der Waals surface area contributed by atoms with E-state index in [0.717, 1.165) is 12.1 Å². The average molecular weight is 309 g/mol. The molecule has 6 heteroatoms. The molecule has 0 aliphatic rings. The summed E-state index contributed by atoms with van der Waals surface area (Å²) in [6.45, 7) is 1.70. The number of hydrogen-bond acceptors (Lipinski definition) is 2. The first-order chi connectivity index (χ1) is 10.4. The maximum Gasteiger partial charge on any atom is 0.416 e. The lowest BCUT2D eigenvalue weighted by Crippen LogP contribution is -2.24. The number of nitrogens with one attached hydrogen (secondary N) is 1. The Labute approximate surface area is 125 Å². The zero-order valence-corrected chi connectivity index (χ0v) is 11.7. The van der Waals surface area contributed by atoms with E-state index in [1.165, 1.54) is 30.5 Å². The smallest absolute Gasteiger partial charge is 0.416 e. The van der Waals surface area contributed by atoms with E-state index in [4.69, 9.17) is 4.42 Å². The van der Waals surface area contributed by atoms with E-state index in [2.05, 4.69) is 5.32 Å². The molecule has 0 saturated heterocycles. The summed E-state index contributed by atoms with van der Waals surface area (Å²) in [5, 5.41) is 2.67. The topological polar surface area (TPSA) is 42.2 Å². The molecular formula is C16H14F3NO2. The lowest BCUT2D eigenvalue weighted by Gasteiger charge is -2.14. The summed E-state index contributed by atoms with van der Waals surface area (Å²) in [5.41, 5.74) is -0.125. The molecule has 0 aliphatic heterocycles. The first-order valence-electron chi connectivity index (χ1n) is 6.55. The van der Waals surface area contributed by atoms with E-state index in [0.29, 0.717) is 11.3 Å². The number of benzene rings is 1. The second-order valence-electron chi connectivity index (χ2n) is 4.70. The van der Waals surface area contributed by atoms with Crippen LogP contribution in [0, 0.1) is 0 Å². The van der Waals surface area contributed by atoms with Crippen LogP contribution in [-0.2, 0) is 11.0 Å². The predicted molar refractivity (Wildman–Crippen MR) is 75.7 cm³/mol. The molecule has 0 radical (unpaired) electrons. The van der Waals surface area contributed by atoms with Gasteiger partial charge in [0.05, 0.1) is 17.9 Å². The summed E-state index contributed by atoms with van der Waals surface area (Å²) in [6, 6.07) is 7.68. The Hall–Kier alpha value is -2.50. The minimum absolute atomic E-state index is 0.358. The lowest BCUT2D eigenvalue weighted by molar-refractivity contribution is -0.137. The maximum absolute atomic E-state index is 12.5. The van der Waals surface area contributed by atoms with Crippen molar-refractivity contribution in [3.63, 3.8) is 0 Å². The van der Waals surface area contributed by atoms with Gasteiger partial charge >= 0.3 is 6.18 Å². The fraction of sp³-hybridized carbons (Fsp3) is 0.188. The van der Waals surface area contributed by atoms with Gasteiger partial charge in [-0.2, -0.15) is 13.2 Å². The molecule has 2 rings (SSSR count). The average Bonchev–Trinajstić information content (AvgIpc) is 2.97. The first-order valence-corrected chi connectivity index (χ1v) is 6.55. The molecular weight excluding hydrogens is 295 g/mol. The number of hydrogen-bond donors (Lipinski definition) is 1. The monoisotopic (exact) mass is 309 g/mol. The summed E-state index contributed by atoms with van der Waals surface area (Å²) < 4.78 is 42.5. The summed E-state index contributed by atoms with van der Waals surface area (Å²) in [4.78, 5) is 11.7. The number of halogens is 3. The highest BCUT2D eigenvalue weighted by atomic mass is 19.4. The van der Waals surface area contributed by atoms with E-state index in [9.17, 15) is 18.0 Å². The molecule has 1 amide bonds. The third kappa shape index (κ3) is 4.25. The van der Waals surface area contributed by atoms with E-state index in [-0.39, 0.29) is 5.91 Å². The molecule has 0 fully saturated rings. The number of alkyl halides is 3. The molecule has 1 heterocycles. The van der Waals surface area contributed by atoms with Crippen molar-refractivity contribution in [2.45, 2.75) is 19.1 Å². The second kappa shape index (κ2) is 6.51.